The third-order valence-corrected chi connectivity index (χ3v) is 7.02. The van der Waals surface area contributed by atoms with Crippen LogP contribution < -0.4 is 4.74 Å². The summed E-state index contributed by atoms with van der Waals surface area (Å²) in [5, 5.41) is 8.95. The standard InChI is InChI=1S/C19H19NO4S/c1-23-13-19(12-20)17(14-8-10-15(24-2)11-9-14)18(19)25(21,22)16-6-4-3-5-7-16/h3-11,17-18H,13H2,1-2H3/t17-,18+,19+/m1/s1. The monoisotopic (exact) mass is 357 g/mol. The summed E-state index contributed by atoms with van der Waals surface area (Å²) < 4.78 is 36.6. The van der Waals surface area contributed by atoms with Gasteiger partial charge in [-0.25, -0.2) is 8.42 Å². The highest BCUT2D eigenvalue weighted by atomic mass is 32.2. The summed E-state index contributed by atoms with van der Waals surface area (Å²) in [4.78, 5) is 0.228. The molecule has 1 aliphatic carbocycles. The second kappa shape index (κ2) is 6.51. The molecule has 0 unspecified atom stereocenters. The van der Waals surface area contributed by atoms with E-state index in [1.165, 1.54) is 7.11 Å². The van der Waals surface area contributed by atoms with Crippen molar-refractivity contribution in [1.29, 1.82) is 5.26 Å². The summed E-state index contributed by atoms with van der Waals surface area (Å²) in [6.07, 6.45) is 0. The van der Waals surface area contributed by atoms with Crippen molar-refractivity contribution in [3.63, 3.8) is 0 Å². The minimum Gasteiger partial charge on any atom is -0.497 e. The SMILES string of the molecule is COC[C@@]1(C#N)[C@H](c2ccc(OC)cc2)[C@@H]1S(=O)(=O)c1ccccc1. The van der Waals surface area contributed by atoms with E-state index in [1.807, 2.05) is 12.1 Å². The van der Waals surface area contributed by atoms with Gasteiger partial charge in [-0.1, -0.05) is 30.3 Å². The van der Waals surface area contributed by atoms with Gasteiger partial charge in [-0.3, -0.25) is 0 Å². The second-order valence-electron chi connectivity index (χ2n) is 6.11. The maximum atomic E-state index is 13.1. The average molecular weight is 357 g/mol. The van der Waals surface area contributed by atoms with Gasteiger partial charge in [-0.15, -0.1) is 0 Å². The molecule has 0 N–H and O–H groups in total. The van der Waals surface area contributed by atoms with Crippen LogP contribution in [0, 0.1) is 16.7 Å². The first-order chi connectivity index (χ1) is 12.0. The molecule has 1 aliphatic rings. The minimum atomic E-state index is -3.65. The molecule has 0 aliphatic heterocycles. The van der Waals surface area contributed by atoms with Gasteiger partial charge in [0.2, 0.25) is 0 Å². The van der Waals surface area contributed by atoms with Gasteiger partial charge in [0.25, 0.3) is 0 Å². The third kappa shape index (κ3) is 2.80. The predicted molar refractivity (Wildman–Crippen MR) is 93.1 cm³/mol. The first kappa shape index (κ1) is 17.5. The fraction of sp³-hybridized carbons (Fsp3) is 0.316. The van der Waals surface area contributed by atoms with Gasteiger partial charge in [-0.2, -0.15) is 5.26 Å². The summed E-state index contributed by atoms with van der Waals surface area (Å²) in [6, 6.07) is 17.6. The molecule has 1 fully saturated rings. The predicted octanol–water partition coefficient (Wildman–Crippen LogP) is 2.79. The van der Waals surface area contributed by atoms with Crippen molar-refractivity contribution in [3.05, 3.63) is 60.2 Å². The number of benzene rings is 2. The van der Waals surface area contributed by atoms with E-state index in [2.05, 4.69) is 6.07 Å². The lowest BCUT2D eigenvalue weighted by Crippen LogP contribution is -2.19. The molecule has 5 nitrogen and oxygen atoms in total. The van der Waals surface area contributed by atoms with Gasteiger partial charge in [0.1, 0.15) is 11.2 Å². The summed E-state index contributed by atoms with van der Waals surface area (Å²) in [6.45, 7) is 0.0664. The van der Waals surface area contributed by atoms with E-state index in [1.54, 1.807) is 49.6 Å². The molecule has 0 aromatic heterocycles. The van der Waals surface area contributed by atoms with Crippen LogP contribution in [0.25, 0.3) is 0 Å². The minimum absolute atomic E-state index is 0.0664. The van der Waals surface area contributed by atoms with Crippen molar-refractivity contribution in [1.82, 2.24) is 0 Å². The number of nitriles is 1. The topological polar surface area (TPSA) is 76.4 Å². The van der Waals surface area contributed by atoms with E-state index < -0.39 is 26.4 Å². The Morgan fingerprint density at radius 1 is 1.08 bits per heavy atom. The lowest BCUT2D eigenvalue weighted by molar-refractivity contribution is 0.162. The van der Waals surface area contributed by atoms with E-state index in [0.29, 0.717) is 5.75 Å². The summed E-state index contributed by atoms with van der Waals surface area (Å²) >= 11 is 0. The zero-order valence-electron chi connectivity index (χ0n) is 14.0. The number of ether oxygens (including phenoxy) is 2. The normalized spacial score (nSPS) is 25.2. The molecule has 0 bridgehead atoms. The third-order valence-electron chi connectivity index (χ3n) is 4.73. The maximum absolute atomic E-state index is 13.1. The van der Waals surface area contributed by atoms with Crippen LogP contribution >= 0.6 is 0 Å². The molecule has 0 amide bonds. The first-order valence-electron chi connectivity index (χ1n) is 7.84. The zero-order chi connectivity index (χ0) is 18.1. The Morgan fingerprint density at radius 3 is 2.24 bits per heavy atom. The van der Waals surface area contributed by atoms with E-state index in [9.17, 15) is 13.7 Å². The molecule has 0 heterocycles. The maximum Gasteiger partial charge on any atom is 0.183 e. The van der Waals surface area contributed by atoms with E-state index in [4.69, 9.17) is 9.47 Å². The fourth-order valence-corrected chi connectivity index (χ4v) is 5.81. The lowest BCUT2D eigenvalue weighted by atomic mass is 10.0. The molecular weight excluding hydrogens is 338 g/mol. The van der Waals surface area contributed by atoms with E-state index in [0.717, 1.165) is 5.56 Å². The van der Waals surface area contributed by atoms with Gasteiger partial charge in [0.05, 0.1) is 29.9 Å². The number of rotatable bonds is 6. The molecule has 0 spiro atoms. The number of nitrogens with zero attached hydrogens (tertiary/aromatic N) is 1. The van der Waals surface area contributed by atoms with Gasteiger partial charge < -0.3 is 9.47 Å². The van der Waals surface area contributed by atoms with E-state index in [-0.39, 0.29) is 11.5 Å². The van der Waals surface area contributed by atoms with Gasteiger partial charge in [0, 0.05) is 13.0 Å². The molecule has 3 atom stereocenters. The van der Waals surface area contributed by atoms with Gasteiger partial charge >= 0.3 is 0 Å². The van der Waals surface area contributed by atoms with Crippen LogP contribution in [0.2, 0.25) is 0 Å². The highest BCUT2D eigenvalue weighted by Crippen LogP contribution is 2.63. The molecule has 25 heavy (non-hydrogen) atoms. The second-order valence-corrected chi connectivity index (χ2v) is 8.18. The van der Waals surface area contributed by atoms with Crippen molar-refractivity contribution in [2.75, 3.05) is 20.8 Å². The van der Waals surface area contributed by atoms with Crippen LogP contribution in [0.3, 0.4) is 0 Å². The van der Waals surface area contributed by atoms with Crippen LogP contribution in [-0.2, 0) is 14.6 Å². The van der Waals surface area contributed by atoms with Crippen LogP contribution in [0.5, 0.6) is 5.75 Å². The molecule has 0 saturated heterocycles. The number of hydrogen-bond acceptors (Lipinski definition) is 5. The highest BCUT2D eigenvalue weighted by molar-refractivity contribution is 7.92. The Morgan fingerprint density at radius 2 is 1.72 bits per heavy atom. The van der Waals surface area contributed by atoms with E-state index >= 15 is 0 Å². The number of hydrogen-bond donors (Lipinski definition) is 0. The van der Waals surface area contributed by atoms with Crippen molar-refractivity contribution < 1.29 is 17.9 Å². The Hall–Kier alpha value is -2.36. The van der Waals surface area contributed by atoms with Crippen LogP contribution in [-0.4, -0.2) is 34.5 Å². The largest absolute Gasteiger partial charge is 0.497 e. The summed E-state index contributed by atoms with van der Waals surface area (Å²) in [5.41, 5.74) is -0.290. The fourth-order valence-electron chi connectivity index (χ4n) is 3.48. The van der Waals surface area contributed by atoms with Crippen molar-refractivity contribution in [2.24, 2.45) is 5.41 Å². The Bertz CT molecular complexity index is 887. The Labute approximate surface area is 147 Å². The molecule has 2 aromatic rings. The molecule has 1 saturated carbocycles. The van der Waals surface area contributed by atoms with Crippen molar-refractivity contribution in [2.45, 2.75) is 16.1 Å². The highest BCUT2D eigenvalue weighted by Gasteiger charge is 2.72. The Balaban J connectivity index is 2.05. The summed E-state index contributed by atoms with van der Waals surface area (Å²) in [7, 11) is -0.605. The molecular formula is C19H19NO4S. The molecule has 0 radical (unpaired) electrons. The van der Waals surface area contributed by atoms with Gasteiger partial charge in [-0.05, 0) is 29.8 Å². The number of sulfone groups is 1. The molecule has 6 heteroatoms. The smallest absolute Gasteiger partial charge is 0.183 e. The first-order valence-corrected chi connectivity index (χ1v) is 9.39. The summed E-state index contributed by atoms with van der Waals surface area (Å²) in [5.74, 6) is 0.245. The van der Waals surface area contributed by atoms with Crippen LogP contribution in [0.1, 0.15) is 11.5 Å². The molecule has 130 valence electrons. The molecule has 2 aromatic carbocycles. The Kier molecular flexibility index (Phi) is 4.55. The quantitative estimate of drug-likeness (QED) is 0.794. The average Bonchev–Trinajstić information content (AvgIpc) is 3.32. The zero-order valence-corrected chi connectivity index (χ0v) is 14.9. The van der Waals surface area contributed by atoms with Crippen molar-refractivity contribution in [3.8, 4) is 11.8 Å². The van der Waals surface area contributed by atoms with Crippen molar-refractivity contribution >= 4 is 9.84 Å². The van der Waals surface area contributed by atoms with Crippen LogP contribution in [0.4, 0.5) is 0 Å². The number of methoxy groups -OCH3 is 2. The van der Waals surface area contributed by atoms with Gasteiger partial charge in [0.15, 0.2) is 9.84 Å². The van der Waals surface area contributed by atoms with Crippen LogP contribution in [0.15, 0.2) is 59.5 Å². The lowest BCUT2D eigenvalue weighted by Gasteiger charge is -2.08. The molecule has 3 rings (SSSR count).